The molecule has 1 aromatic heterocycles. The number of likely N-dealkylation sites (N-methyl/N-ethyl adjacent to an activating group) is 1. The average molecular weight is 333 g/mol. The van der Waals surface area contributed by atoms with Crippen LogP contribution >= 0.6 is 11.3 Å². The minimum absolute atomic E-state index is 0.0836. The van der Waals surface area contributed by atoms with Crippen molar-refractivity contribution in [2.45, 2.75) is 23.8 Å². The van der Waals surface area contributed by atoms with Crippen molar-refractivity contribution in [2.24, 2.45) is 0 Å². The van der Waals surface area contributed by atoms with Crippen LogP contribution in [0.15, 0.2) is 15.7 Å². The second-order valence-electron chi connectivity index (χ2n) is 5.16. The lowest BCUT2D eigenvalue weighted by Crippen LogP contribution is -2.45. The second-order valence-corrected chi connectivity index (χ2v) is 8.07. The van der Waals surface area contributed by atoms with Gasteiger partial charge in [0.2, 0.25) is 10.0 Å². The van der Waals surface area contributed by atoms with E-state index in [0.717, 1.165) is 25.2 Å². The van der Waals surface area contributed by atoms with Crippen molar-refractivity contribution in [2.75, 3.05) is 39.8 Å². The molecule has 1 aromatic rings. The second kappa shape index (κ2) is 7.66. The van der Waals surface area contributed by atoms with Gasteiger partial charge in [0, 0.05) is 26.2 Å². The summed E-state index contributed by atoms with van der Waals surface area (Å²) in [5.41, 5.74) is 0.996. The van der Waals surface area contributed by atoms with Crippen molar-refractivity contribution < 1.29 is 13.2 Å². The van der Waals surface area contributed by atoms with Crippen LogP contribution in [-0.2, 0) is 21.3 Å². The molecule has 2 rings (SSSR count). The third-order valence-corrected chi connectivity index (χ3v) is 6.23. The minimum Gasteiger partial charge on any atom is -0.374 e. The van der Waals surface area contributed by atoms with Crippen LogP contribution in [0.5, 0.6) is 0 Å². The third-order valence-electron chi connectivity index (χ3n) is 3.32. The van der Waals surface area contributed by atoms with Crippen molar-refractivity contribution in [3.63, 3.8) is 0 Å². The van der Waals surface area contributed by atoms with Crippen LogP contribution in [-0.4, -0.2) is 59.3 Å². The highest BCUT2D eigenvalue weighted by molar-refractivity contribution is 7.91. The fourth-order valence-corrected chi connectivity index (χ4v) is 4.44. The Balaban J connectivity index is 1.90. The van der Waals surface area contributed by atoms with E-state index in [1.165, 1.54) is 11.3 Å². The van der Waals surface area contributed by atoms with Crippen molar-refractivity contribution in [1.82, 2.24) is 14.9 Å². The zero-order valence-corrected chi connectivity index (χ0v) is 14.1. The highest BCUT2D eigenvalue weighted by atomic mass is 32.2. The van der Waals surface area contributed by atoms with Gasteiger partial charge in [-0.1, -0.05) is 6.92 Å². The molecule has 0 aromatic carbocycles. The largest absolute Gasteiger partial charge is 0.374 e. The van der Waals surface area contributed by atoms with E-state index >= 15 is 0 Å². The number of hydrogen-bond acceptors (Lipinski definition) is 6. The lowest BCUT2D eigenvalue weighted by atomic mass is 10.3. The predicted molar refractivity (Wildman–Crippen MR) is 84.1 cm³/mol. The molecule has 120 valence electrons. The number of thiophene rings is 1. The Morgan fingerprint density at radius 3 is 3.05 bits per heavy atom. The van der Waals surface area contributed by atoms with E-state index in [9.17, 15) is 8.42 Å². The number of ether oxygens (including phenoxy) is 1. The topological polar surface area (TPSA) is 70.7 Å². The highest BCUT2D eigenvalue weighted by Gasteiger charge is 2.22. The SMILES string of the molecule is CCNCc1csc(S(=O)(=O)NCC2CN(C)CCO2)c1. The fourth-order valence-electron chi connectivity index (χ4n) is 2.12. The quantitative estimate of drug-likeness (QED) is 0.759. The lowest BCUT2D eigenvalue weighted by molar-refractivity contribution is -0.0156. The molecule has 1 atom stereocenters. The summed E-state index contributed by atoms with van der Waals surface area (Å²) in [5, 5.41) is 5.06. The smallest absolute Gasteiger partial charge is 0.250 e. The van der Waals surface area contributed by atoms with Crippen molar-refractivity contribution in [3.05, 3.63) is 17.0 Å². The number of morpholine rings is 1. The molecule has 0 radical (unpaired) electrons. The molecule has 0 spiro atoms. The number of nitrogens with zero attached hydrogens (tertiary/aromatic N) is 1. The number of rotatable bonds is 7. The van der Waals surface area contributed by atoms with E-state index in [1.54, 1.807) is 6.07 Å². The van der Waals surface area contributed by atoms with Gasteiger partial charge in [0.1, 0.15) is 4.21 Å². The summed E-state index contributed by atoms with van der Waals surface area (Å²) in [6.45, 7) is 6.18. The number of sulfonamides is 1. The zero-order valence-electron chi connectivity index (χ0n) is 12.5. The molecule has 6 nitrogen and oxygen atoms in total. The van der Waals surface area contributed by atoms with Gasteiger partial charge in [-0.2, -0.15) is 0 Å². The summed E-state index contributed by atoms with van der Waals surface area (Å²) in [4.78, 5) is 2.14. The first kappa shape index (κ1) is 16.9. The standard InChI is InChI=1S/C13H23N3O3S2/c1-3-14-7-11-6-13(20-10-11)21(17,18)15-8-12-9-16(2)4-5-19-12/h6,10,12,14-15H,3-5,7-9H2,1-2H3. The van der Waals surface area contributed by atoms with Gasteiger partial charge in [-0.25, -0.2) is 13.1 Å². The van der Waals surface area contributed by atoms with Crippen LogP contribution in [0.4, 0.5) is 0 Å². The van der Waals surface area contributed by atoms with Crippen LogP contribution < -0.4 is 10.0 Å². The van der Waals surface area contributed by atoms with E-state index in [4.69, 9.17) is 4.74 Å². The van der Waals surface area contributed by atoms with Crippen LogP contribution in [0.3, 0.4) is 0 Å². The predicted octanol–water partition coefficient (Wildman–Crippen LogP) is 0.467. The summed E-state index contributed by atoms with van der Waals surface area (Å²) in [6.07, 6.45) is -0.0836. The van der Waals surface area contributed by atoms with Crippen molar-refractivity contribution >= 4 is 21.4 Å². The third kappa shape index (κ3) is 5.01. The molecule has 2 N–H and O–H groups in total. The van der Waals surface area contributed by atoms with Crippen LogP contribution in [0.2, 0.25) is 0 Å². The zero-order chi connectivity index (χ0) is 15.3. The van der Waals surface area contributed by atoms with Gasteiger partial charge in [0.25, 0.3) is 0 Å². The van der Waals surface area contributed by atoms with Crippen LogP contribution in [0.25, 0.3) is 0 Å². The Hall–Kier alpha value is -0.510. The molecular weight excluding hydrogens is 310 g/mol. The van der Waals surface area contributed by atoms with Gasteiger partial charge in [0.15, 0.2) is 0 Å². The molecule has 1 aliphatic heterocycles. The molecule has 0 saturated carbocycles. The Bertz CT molecular complexity index is 545. The Morgan fingerprint density at radius 1 is 1.52 bits per heavy atom. The molecule has 1 fully saturated rings. The minimum atomic E-state index is -3.44. The first-order valence-electron chi connectivity index (χ1n) is 7.09. The molecule has 1 unspecified atom stereocenters. The normalized spacial score (nSPS) is 20.8. The van der Waals surface area contributed by atoms with Crippen LogP contribution in [0, 0.1) is 0 Å². The van der Waals surface area contributed by atoms with Gasteiger partial charge in [-0.3, -0.25) is 0 Å². The van der Waals surface area contributed by atoms with E-state index in [2.05, 4.69) is 14.9 Å². The van der Waals surface area contributed by atoms with E-state index in [-0.39, 0.29) is 6.10 Å². The van der Waals surface area contributed by atoms with Gasteiger partial charge in [-0.15, -0.1) is 11.3 Å². The van der Waals surface area contributed by atoms with Gasteiger partial charge >= 0.3 is 0 Å². The molecule has 8 heteroatoms. The summed E-state index contributed by atoms with van der Waals surface area (Å²) in [7, 11) is -1.43. The summed E-state index contributed by atoms with van der Waals surface area (Å²) < 4.78 is 33.1. The van der Waals surface area contributed by atoms with Gasteiger partial charge in [-0.05, 0) is 30.6 Å². The average Bonchev–Trinajstić information content (AvgIpc) is 2.93. The molecule has 0 amide bonds. The molecule has 2 heterocycles. The summed E-state index contributed by atoms with van der Waals surface area (Å²) in [6, 6.07) is 1.73. The first-order valence-corrected chi connectivity index (χ1v) is 9.45. The maximum Gasteiger partial charge on any atom is 0.250 e. The molecule has 0 aliphatic carbocycles. The molecule has 0 bridgehead atoms. The monoisotopic (exact) mass is 333 g/mol. The lowest BCUT2D eigenvalue weighted by Gasteiger charge is -2.29. The van der Waals surface area contributed by atoms with Crippen LogP contribution in [0.1, 0.15) is 12.5 Å². The Kier molecular flexibility index (Phi) is 6.15. The molecule has 21 heavy (non-hydrogen) atoms. The fraction of sp³-hybridized carbons (Fsp3) is 0.692. The molecule has 1 saturated heterocycles. The summed E-state index contributed by atoms with van der Waals surface area (Å²) >= 11 is 1.25. The van der Waals surface area contributed by atoms with Gasteiger partial charge < -0.3 is 15.0 Å². The maximum atomic E-state index is 12.3. The Labute approximate surface area is 130 Å². The maximum absolute atomic E-state index is 12.3. The van der Waals surface area contributed by atoms with E-state index in [1.807, 2.05) is 19.4 Å². The number of nitrogens with one attached hydrogen (secondary N) is 2. The molecule has 1 aliphatic rings. The number of hydrogen-bond donors (Lipinski definition) is 2. The highest BCUT2D eigenvalue weighted by Crippen LogP contribution is 2.20. The van der Waals surface area contributed by atoms with E-state index < -0.39 is 10.0 Å². The van der Waals surface area contributed by atoms with Gasteiger partial charge in [0.05, 0.1) is 12.7 Å². The molecular formula is C13H23N3O3S2. The van der Waals surface area contributed by atoms with E-state index in [0.29, 0.717) is 23.9 Å². The Morgan fingerprint density at radius 2 is 2.33 bits per heavy atom. The van der Waals surface area contributed by atoms with Crippen molar-refractivity contribution in [1.29, 1.82) is 0 Å². The summed E-state index contributed by atoms with van der Waals surface area (Å²) in [5.74, 6) is 0. The first-order chi connectivity index (χ1) is 10.0. The van der Waals surface area contributed by atoms with Crippen molar-refractivity contribution in [3.8, 4) is 0 Å².